The predicted octanol–water partition coefficient (Wildman–Crippen LogP) is -0.624. The van der Waals surface area contributed by atoms with Gasteiger partial charge in [-0.2, -0.15) is 10.5 Å². The third-order valence-electron chi connectivity index (χ3n) is 1.75. The average Bonchev–Trinajstić information content (AvgIpc) is 2.68. The summed E-state index contributed by atoms with van der Waals surface area (Å²) in [6.07, 6.45) is 6.24. The molecule has 0 aliphatic carbocycles. The maximum atomic E-state index is 11.3. The molecule has 0 saturated heterocycles. The molecule has 6 nitrogen and oxygen atoms in total. The van der Waals surface area contributed by atoms with Gasteiger partial charge in [-0.15, -0.1) is 6.42 Å². The molecule has 0 aliphatic heterocycles. The number of carbonyl (C=O) groups excluding carboxylic acids is 1. The maximum Gasteiger partial charge on any atom is 0.240 e. The third-order valence-corrected chi connectivity index (χ3v) is 1.75. The highest BCUT2D eigenvalue weighted by atomic mass is 16.1. The van der Waals surface area contributed by atoms with E-state index in [-0.39, 0.29) is 30.4 Å². The Bertz CT molecular complexity index is 523. The molecule has 1 heterocycles. The van der Waals surface area contributed by atoms with E-state index in [1.807, 2.05) is 6.07 Å². The Morgan fingerprint density at radius 1 is 1.56 bits per heavy atom. The van der Waals surface area contributed by atoms with Gasteiger partial charge in [-0.05, 0) is 0 Å². The molecule has 16 heavy (non-hydrogen) atoms. The SMILES string of the molecule is C#CCNC(=O)Cn1cnc(C#N)c1C#N. The van der Waals surface area contributed by atoms with Gasteiger partial charge in [0.05, 0.1) is 12.9 Å². The summed E-state index contributed by atoms with van der Waals surface area (Å²) >= 11 is 0. The van der Waals surface area contributed by atoms with E-state index in [0.717, 1.165) is 0 Å². The normalized spacial score (nSPS) is 8.56. The second kappa shape index (κ2) is 5.19. The Morgan fingerprint density at radius 2 is 2.31 bits per heavy atom. The average molecular weight is 213 g/mol. The third kappa shape index (κ3) is 2.37. The molecule has 0 fully saturated rings. The monoisotopic (exact) mass is 213 g/mol. The number of rotatable bonds is 3. The number of nitrogens with zero attached hydrogens (tertiary/aromatic N) is 4. The smallest absolute Gasteiger partial charge is 0.240 e. The van der Waals surface area contributed by atoms with Crippen molar-refractivity contribution in [2.24, 2.45) is 0 Å². The molecule has 78 valence electrons. The van der Waals surface area contributed by atoms with Gasteiger partial charge in [-0.3, -0.25) is 4.79 Å². The summed E-state index contributed by atoms with van der Waals surface area (Å²) in [4.78, 5) is 15.0. The van der Waals surface area contributed by atoms with E-state index in [4.69, 9.17) is 16.9 Å². The zero-order valence-corrected chi connectivity index (χ0v) is 8.27. The number of amides is 1. The molecule has 0 radical (unpaired) electrons. The van der Waals surface area contributed by atoms with Gasteiger partial charge in [-0.25, -0.2) is 4.98 Å². The molecular formula is C10H7N5O. The Kier molecular flexibility index (Phi) is 3.66. The van der Waals surface area contributed by atoms with Crippen molar-refractivity contribution < 1.29 is 4.79 Å². The molecule has 1 amide bonds. The fourth-order valence-electron chi connectivity index (χ4n) is 1.06. The Hall–Kier alpha value is -2.78. The van der Waals surface area contributed by atoms with Crippen LogP contribution in [0.1, 0.15) is 11.4 Å². The van der Waals surface area contributed by atoms with E-state index in [1.165, 1.54) is 10.9 Å². The molecule has 0 saturated carbocycles. The van der Waals surface area contributed by atoms with Crippen LogP contribution >= 0.6 is 0 Å². The number of terminal acetylenes is 1. The largest absolute Gasteiger partial charge is 0.344 e. The lowest BCUT2D eigenvalue weighted by Gasteiger charge is -2.02. The Morgan fingerprint density at radius 3 is 2.88 bits per heavy atom. The number of nitrogens with one attached hydrogen (secondary N) is 1. The van der Waals surface area contributed by atoms with Gasteiger partial charge in [0, 0.05) is 0 Å². The van der Waals surface area contributed by atoms with Crippen LogP contribution in [0.5, 0.6) is 0 Å². The van der Waals surface area contributed by atoms with Crippen molar-refractivity contribution in [1.29, 1.82) is 10.5 Å². The van der Waals surface area contributed by atoms with Gasteiger partial charge >= 0.3 is 0 Å². The van der Waals surface area contributed by atoms with Crippen LogP contribution in [0.25, 0.3) is 0 Å². The summed E-state index contributed by atoms with van der Waals surface area (Å²) in [5, 5.41) is 19.9. The van der Waals surface area contributed by atoms with Crippen LogP contribution in [0.15, 0.2) is 6.33 Å². The molecule has 1 aromatic heterocycles. The molecule has 0 spiro atoms. The molecule has 0 atom stereocenters. The van der Waals surface area contributed by atoms with Gasteiger partial charge in [-0.1, -0.05) is 5.92 Å². The first-order valence-electron chi connectivity index (χ1n) is 4.28. The summed E-state index contributed by atoms with van der Waals surface area (Å²) < 4.78 is 1.30. The number of imidazole rings is 1. The van der Waals surface area contributed by atoms with Crippen LogP contribution in [0.2, 0.25) is 0 Å². The quantitative estimate of drug-likeness (QED) is 0.676. The highest BCUT2D eigenvalue weighted by Crippen LogP contribution is 2.04. The van der Waals surface area contributed by atoms with Gasteiger partial charge in [0.2, 0.25) is 5.91 Å². The van der Waals surface area contributed by atoms with E-state index < -0.39 is 0 Å². The number of aromatic nitrogens is 2. The lowest BCUT2D eigenvalue weighted by Crippen LogP contribution is -2.27. The van der Waals surface area contributed by atoms with Crippen molar-refractivity contribution in [2.75, 3.05) is 6.54 Å². The standard InChI is InChI=1S/C10H7N5O/c1-2-3-13-10(16)6-15-7-14-8(4-11)9(15)5-12/h1,7H,3,6H2,(H,13,16). The first-order chi connectivity index (χ1) is 7.72. The number of carbonyl (C=O) groups is 1. The zero-order valence-electron chi connectivity index (χ0n) is 8.27. The minimum atomic E-state index is -0.337. The first-order valence-corrected chi connectivity index (χ1v) is 4.28. The van der Waals surface area contributed by atoms with Gasteiger partial charge in [0.25, 0.3) is 0 Å². The molecule has 1 rings (SSSR count). The minimum absolute atomic E-state index is 0.00671. The topological polar surface area (TPSA) is 94.5 Å². The van der Waals surface area contributed by atoms with Crippen molar-refractivity contribution in [3.8, 4) is 24.5 Å². The van der Waals surface area contributed by atoms with Crippen molar-refractivity contribution in [3.05, 3.63) is 17.7 Å². The van der Waals surface area contributed by atoms with Crippen molar-refractivity contribution >= 4 is 5.91 Å². The summed E-state index contributed by atoms with van der Waals surface area (Å²) in [5.74, 6) is 1.92. The van der Waals surface area contributed by atoms with Gasteiger partial charge in [0.15, 0.2) is 11.4 Å². The highest BCUT2D eigenvalue weighted by molar-refractivity contribution is 5.76. The fourth-order valence-corrected chi connectivity index (χ4v) is 1.06. The minimum Gasteiger partial charge on any atom is -0.344 e. The lowest BCUT2D eigenvalue weighted by molar-refractivity contribution is -0.121. The van der Waals surface area contributed by atoms with Crippen molar-refractivity contribution in [3.63, 3.8) is 0 Å². The Balaban J connectivity index is 2.80. The Labute approximate surface area is 92.1 Å². The maximum absolute atomic E-state index is 11.3. The fraction of sp³-hybridized carbons (Fsp3) is 0.200. The van der Waals surface area contributed by atoms with Crippen LogP contribution < -0.4 is 5.32 Å². The lowest BCUT2D eigenvalue weighted by atomic mass is 10.3. The van der Waals surface area contributed by atoms with E-state index in [9.17, 15) is 4.79 Å². The highest BCUT2D eigenvalue weighted by Gasteiger charge is 2.11. The summed E-state index contributed by atoms with van der Waals surface area (Å²) in [6, 6.07) is 3.58. The molecular weight excluding hydrogens is 206 g/mol. The van der Waals surface area contributed by atoms with Crippen LogP contribution in [0.3, 0.4) is 0 Å². The molecule has 0 unspecified atom stereocenters. The number of hydrogen-bond acceptors (Lipinski definition) is 4. The van der Waals surface area contributed by atoms with Crippen molar-refractivity contribution in [1.82, 2.24) is 14.9 Å². The van der Waals surface area contributed by atoms with Crippen LogP contribution in [0.4, 0.5) is 0 Å². The molecule has 0 bridgehead atoms. The second-order valence-electron chi connectivity index (χ2n) is 2.77. The molecule has 0 aromatic carbocycles. The van der Waals surface area contributed by atoms with Gasteiger partial charge < -0.3 is 9.88 Å². The van der Waals surface area contributed by atoms with Crippen LogP contribution in [-0.2, 0) is 11.3 Å². The molecule has 0 aliphatic rings. The summed E-state index contributed by atoms with van der Waals surface area (Å²) in [7, 11) is 0. The first kappa shape index (κ1) is 11.3. The summed E-state index contributed by atoms with van der Waals surface area (Å²) in [6.45, 7) is 0.0414. The van der Waals surface area contributed by atoms with E-state index in [1.54, 1.807) is 6.07 Å². The van der Waals surface area contributed by atoms with E-state index in [0.29, 0.717) is 0 Å². The number of hydrogen-bond donors (Lipinski definition) is 1. The predicted molar refractivity (Wildman–Crippen MR) is 53.5 cm³/mol. The zero-order chi connectivity index (χ0) is 12.0. The second-order valence-corrected chi connectivity index (χ2v) is 2.77. The van der Waals surface area contributed by atoms with Gasteiger partial charge in [0.1, 0.15) is 18.7 Å². The molecule has 6 heteroatoms. The molecule has 1 N–H and O–H groups in total. The van der Waals surface area contributed by atoms with Crippen molar-refractivity contribution in [2.45, 2.75) is 6.54 Å². The van der Waals surface area contributed by atoms with E-state index in [2.05, 4.69) is 16.2 Å². The van der Waals surface area contributed by atoms with Crippen LogP contribution in [0, 0.1) is 35.0 Å². The van der Waals surface area contributed by atoms with E-state index >= 15 is 0 Å². The molecule has 1 aromatic rings. The van der Waals surface area contributed by atoms with Crippen LogP contribution in [-0.4, -0.2) is 22.0 Å². The summed E-state index contributed by atoms with van der Waals surface area (Å²) in [5.41, 5.74) is 0.0746. The number of nitriles is 2.